The van der Waals surface area contributed by atoms with Crippen LogP contribution in [-0.2, 0) is 13.1 Å². The van der Waals surface area contributed by atoms with Crippen molar-refractivity contribution >= 4 is 0 Å². The summed E-state index contributed by atoms with van der Waals surface area (Å²) in [5, 5.41) is 0. The first kappa shape index (κ1) is 23.2. The van der Waals surface area contributed by atoms with E-state index < -0.39 is 0 Å². The van der Waals surface area contributed by atoms with E-state index in [1.807, 2.05) is 0 Å². The molecule has 156 valence electrons. The fourth-order valence-electron chi connectivity index (χ4n) is 3.81. The fourth-order valence-corrected chi connectivity index (χ4v) is 3.81. The van der Waals surface area contributed by atoms with E-state index in [1.54, 1.807) is 0 Å². The van der Waals surface area contributed by atoms with Crippen molar-refractivity contribution in [3.8, 4) is 0 Å². The lowest BCUT2D eigenvalue weighted by molar-refractivity contribution is -0.943. The van der Waals surface area contributed by atoms with Crippen LogP contribution in [0, 0.1) is 0 Å². The van der Waals surface area contributed by atoms with Crippen molar-refractivity contribution in [2.24, 2.45) is 0 Å². The first-order valence-electron chi connectivity index (χ1n) is 11.5. The monoisotopic (exact) mass is 390 g/mol. The molecule has 2 aromatic carbocycles. The average molecular weight is 391 g/mol. The van der Waals surface area contributed by atoms with Gasteiger partial charge in [-0.3, -0.25) is 0 Å². The topological polar surface area (TPSA) is 0 Å². The number of hydrogen-bond acceptors (Lipinski definition) is 0. The van der Waals surface area contributed by atoms with Gasteiger partial charge in [-0.15, -0.1) is 0 Å². The van der Waals surface area contributed by atoms with E-state index in [1.165, 1.54) is 49.7 Å². The summed E-state index contributed by atoms with van der Waals surface area (Å²) in [6.07, 6.45) is 17.1. The van der Waals surface area contributed by atoms with Gasteiger partial charge in [-0.1, -0.05) is 112 Å². The second kappa shape index (κ2) is 14.0. The number of hydrogen-bond donors (Lipinski definition) is 0. The maximum atomic E-state index is 2.43. The summed E-state index contributed by atoms with van der Waals surface area (Å²) in [4.78, 5) is 0. The number of allylic oxidation sites excluding steroid dienone is 2. The summed E-state index contributed by atoms with van der Waals surface area (Å²) in [6, 6.07) is 22.0. The zero-order valence-corrected chi connectivity index (χ0v) is 18.6. The highest BCUT2D eigenvalue weighted by Crippen LogP contribution is 2.21. The summed E-state index contributed by atoms with van der Waals surface area (Å²) >= 11 is 0. The molecule has 1 nitrogen and oxygen atoms in total. The number of rotatable bonds is 14. The highest BCUT2D eigenvalue weighted by molar-refractivity contribution is 5.15. The van der Waals surface area contributed by atoms with E-state index in [0.717, 1.165) is 30.7 Å². The Morgan fingerprint density at radius 2 is 1.00 bits per heavy atom. The second-order valence-electron chi connectivity index (χ2n) is 8.22. The second-order valence-corrected chi connectivity index (χ2v) is 8.22. The van der Waals surface area contributed by atoms with Gasteiger partial charge in [0.15, 0.2) is 0 Å². The molecule has 0 spiro atoms. The average Bonchev–Trinajstić information content (AvgIpc) is 2.75. The molecule has 0 aliphatic rings. The molecule has 0 aromatic heterocycles. The van der Waals surface area contributed by atoms with Crippen LogP contribution in [-0.4, -0.2) is 17.6 Å². The molecule has 2 aromatic rings. The molecule has 0 fully saturated rings. The van der Waals surface area contributed by atoms with E-state index in [0.29, 0.717) is 0 Å². The van der Waals surface area contributed by atoms with Gasteiger partial charge >= 0.3 is 0 Å². The van der Waals surface area contributed by atoms with Gasteiger partial charge in [-0.25, -0.2) is 0 Å². The van der Waals surface area contributed by atoms with Crippen molar-refractivity contribution in [1.29, 1.82) is 0 Å². The van der Waals surface area contributed by atoms with Crippen molar-refractivity contribution in [3.63, 3.8) is 0 Å². The summed E-state index contributed by atoms with van der Waals surface area (Å²) in [7, 11) is 0. The van der Waals surface area contributed by atoms with E-state index >= 15 is 0 Å². The Balaban J connectivity index is 2.24. The van der Waals surface area contributed by atoms with Crippen molar-refractivity contribution in [3.05, 3.63) is 96.1 Å². The van der Waals surface area contributed by atoms with Gasteiger partial charge in [0.1, 0.15) is 13.1 Å². The molecule has 0 amide bonds. The van der Waals surface area contributed by atoms with Crippen molar-refractivity contribution in [2.45, 2.75) is 65.5 Å². The van der Waals surface area contributed by atoms with Crippen molar-refractivity contribution in [2.75, 3.05) is 13.1 Å². The summed E-state index contributed by atoms with van der Waals surface area (Å²) < 4.78 is 1.04. The molecule has 0 saturated heterocycles. The molecule has 1 heteroatoms. The largest absolute Gasteiger partial charge is 0.310 e. The molecule has 0 atom stereocenters. The normalized spacial score (nSPS) is 12.2. The van der Waals surface area contributed by atoms with Crippen LogP contribution in [0.25, 0.3) is 0 Å². The molecule has 29 heavy (non-hydrogen) atoms. The maximum Gasteiger partial charge on any atom is 0.105 e. The minimum atomic E-state index is 1.04. The number of quaternary nitrogens is 1. The standard InChI is InChI=1S/C28H40N/c1-3-5-7-9-17-23-29(24-18-10-8-6-4-2,25-27-19-13-11-14-20-27)26-28-21-15-12-16-22-28/h9-22H,3-8,23-26H2,1-2H3/q+1/b17-9+,18-10+. The van der Waals surface area contributed by atoms with Crippen LogP contribution >= 0.6 is 0 Å². The summed E-state index contributed by atoms with van der Waals surface area (Å²) in [5.74, 6) is 0. The molecule has 0 bridgehead atoms. The number of nitrogens with zero attached hydrogens (tertiary/aromatic N) is 1. The summed E-state index contributed by atoms with van der Waals surface area (Å²) in [5.41, 5.74) is 2.85. The van der Waals surface area contributed by atoms with Gasteiger partial charge in [0, 0.05) is 11.1 Å². The Bertz CT molecular complexity index is 636. The minimum Gasteiger partial charge on any atom is -0.310 e. The molecule has 0 aliphatic carbocycles. The molecule has 2 rings (SSSR count). The van der Waals surface area contributed by atoms with Crippen LogP contribution in [0.3, 0.4) is 0 Å². The molecule has 0 unspecified atom stereocenters. The molecular weight excluding hydrogens is 350 g/mol. The number of unbranched alkanes of at least 4 members (excludes halogenated alkanes) is 4. The van der Waals surface area contributed by atoms with E-state index in [-0.39, 0.29) is 0 Å². The first-order valence-corrected chi connectivity index (χ1v) is 11.5. The zero-order valence-electron chi connectivity index (χ0n) is 18.6. The Kier molecular flexibility index (Phi) is 11.1. The van der Waals surface area contributed by atoms with Crippen LogP contribution < -0.4 is 0 Å². The van der Waals surface area contributed by atoms with Gasteiger partial charge in [0.05, 0.1) is 13.1 Å². The molecule has 0 radical (unpaired) electrons. The number of benzene rings is 2. The maximum absolute atomic E-state index is 2.43. The van der Waals surface area contributed by atoms with Crippen LogP contribution in [0.5, 0.6) is 0 Å². The molecule has 0 N–H and O–H groups in total. The zero-order chi connectivity index (χ0) is 20.6. The minimum absolute atomic E-state index is 1.04. The van der Waals surface area contributed by atoms with Gasteiger partial charge in [0.2, 0.25) is 0 Å². The Labute approximate surface area is 179 Å². The van der Waals surface area contributed by atoms with Gasteiger partial charge < -0.3 is 4.48 Å². The third-order valence-electron chi connectivity index (χ3n) is 5.49. The highest BCUT2D eigenvalue weighted by Gasteiger charge is 2.26. The van der Waals surface area contributed by atoms with Crippen LogP contribution in [0.15, 0.2) is 85.0 Å². The third kappa shape index (κ3) is 9.28. The molecular formula is C28H40N+. The quantitative estimate of drug-likeness (QED) is 0.176. The van der Waals surface area contributed by atoms with Crippen molar-refractivity contribution < 1.29 is 4.48 Å². The van der Waals surface area contributed by atoms with Crippen molar-refractivity contribution in [1.82, 2.24) is 0 Å². The lowest BCUT2D eigenvalue weighted by atomic mass is 10.1. The van der Waals surface area contributed by atoms with E-state index in [9.17, 15) is 0 Å². The first-order chi connectivity index (χ1) is 14.3. The SMILES string of the molecule is CCCC/C=C/C[N+](C/C=C/CCCC)(Cc1ccccc1)Cc1ccccc1. The molecule has 0 heterocycles. The lowest BCUT2D eigenvalue weighted by Crippen LogP contribution is -2.46. The smallest absolute Gasteiger partial charge is 0.105 e. The molecule has 0 aliphatic heterocycles. The predicted octanol–water partition coefficient (Wildman–Crippen LogP) is 7.70. The van der Waals surface area contributed by atoms with Crippen LogP contribution in [0.1, 0.15) is 63.5 Å². The van der Waals surface area contributed by atoms with Gasteiger partial charge in [-0.2, -0.15) is 0 Å². The van der Waals surface area contributed by atoms with Crippen LogP contribution in [0.4, 0.5) is 0 Å². The predicted molar refractivity (Wildman–Crippen MR) is 128 cm³/mol. The molecule has 0 saturated carbocycles. The lowest BCUT2D eigenvalue weighted by Gasteiger charge is -2.37. The fraction of sp³-hybridized carbons (Fsp3) is 0.429. The Hall–Kier alpha value is -2.12. The highest BCUT2D eigenvalue weighted by atomic mass is 15.3. The third-order valence-corrected chi connectivity index (χ3v) is 5.49. The van der Waals surface area contributed by atoms with E-state index in [2.05, 4.69) is 98.8 Å². The Morgan fingerprint density at radius 3 is 1.38 bits per heavy atom. The summed E-state index contributed by atoms with van der Waals surface area (Å²) in [6.45, 7) is 8.80. The van der Waals surface area contributed by atoms with Gasteiger partial charge in [-0.05, 0) is 25.0 Å². The van der Waals surface area contributed by atoms with Gasteiger partial charge in [0.25, 0.3) is 0 Å². The van der Waals surface area contributed by atoms with E-state index in [4.69, 9.17) is 0 Å². The Morgan fingerprint density at radius 1 is 0.586 bits per heavy atom. The van der Waals surface area contributed by atoms with Crippen LogP contribution in [0.2, 0.25) is 0 Å².